The predicted molar refractivity (Wildman–Crippen MR) is 208 cm³/mol. The SMILES string of the molecule is c1ccc(-c2nc(-c3cccc4c3oc3ccccc34)nc(C3(c4ccc5sc6ccccc6c5c4)c4ccccc4-c4ccccc43)n2)cc1. The molecule has 5 heteroatoms. The highest BCUT2D eigenvalue weighted by Gasteiger charge is 2.49. The number of benzene rings is 7. The average Bonchev–Trinajstić information content (AvgIpc) is 3.86. The molecule has 0 radical (unpaired) electrons. The summed E-state index contributed by atoms with van der Waals surface area (Å²) in [4.78, 5) is 16.2. The van der Waals surface area contributed by atoms with Crippen LogP contribution in [0, 0.1) is 0 Å². The van der Waals surface area contributed by atoms with Crippen LogP contribution in [0.1, 0.15) is 22.5 Å². The van der Waals surface area contributed by atoms with Gasteiger partial charge in [0, 0.05) is 36.5 Å². The first kappa shape index (κ1) is 28.4. The predicted octanol–water partition coefficient (Wildman–Crippen LogP) is 11.8. The first-order valence-electron chi connectivity index (χ1n) is 17.1. The largest absolute Gasteiger partial charge is 0.455 e. The third kappa shape index (κ3) is 4.04. The van der Waals surface area contributed by atoms with E-state index in [2.05, 4.69) is 127 Å². The maximum Gasteiger partial charge on any atom is 0.167 e. The van der Waals surface area contributed by atoms with E-state index >= 15 is 0 Å². The molecule has 0 saturated carbocycles. The van der Waals surface area contributed by atoms with Crippen LogP contribution in [0.2, 0.25) is 0 Å². The van der Waals surface area contributed by atoms with E-state index in [0.29, 0.717) is 17.5 Å². The summed E-state index contributed by atoms with van der Waals surface area (Å²) in [5.74, 6) is 1.87. The molecule has 1 aliphatic carbocycles. The third-order valence-corrected chi connectivity index (χ3v) is 11.6. The quantitative estimate of drug-likeness (QED) is 0.187. The van der Waals surface area contributed by atoms with Crippen molar-refractivity contribution < 1.29 is 4.42 Å². The Balaban J connectivity index is 1.28. The summed E-state index contributed by atoms with van der Waals surface area (Å²) in [5.41, 5.74) is 8.34. The summed E-state index contributed by atoms with van der Waals surface area (Å²) in [7, 11) is 0. The fourth-order valence-electron chi connectivity index (χ4n) is 8.18. The lowest BCUT2D eigenvalue weighted by Crippen LogP contribution is -2.31. The molecule has 0 unspecified atom stereocenters. The van der Waals surface area contributed by atoms with E-state index in [-0.39, 0.29) is 0 Å². The highest BCUT2D eigenvalue weighted by molar-refractivity contribution is 7.25. The van der Waals surface area contributed by atoms with Gasteiger partial charge in [-0.25, -0.2) is 15.0 Å². The summed E-state index contributed by atoms with van der Waals surface area (Å²) < 4.78 is 9.09. The second kappa shape index (κ2) is 10.8. The Labute approximate surface area is 297 Å². The summed E-state index contributed by atoms with van der Waals surface area (Å²) in [6, 6.07) is 57.7. The van der Waals surface area contributed by atoms with Crippen LogP contribution in [-0.2, 0) is 5.41 Å². The maximum absolute atomic E-state index is 6.55. The molecule has 0 aliphatic heterocycles. The van der Waals surface area contributed by atoms with Crippen molar-refractivity contribution in [2.24, 2.45) is 0 Å². The van der Waals surface area contributed by atoms with Crippen molar-refractivity contribution >= 4 is 53.4 Å². The Morgan fingerprint density at radius 2 is 1.08 bits per heavy atom. The van der Waals surface area contributed by atoms with Gasteiger partial charge in [-0.05, 0) is 58.1 Å². The molecule has 11 rings (SSSR count). The van der Waals surface area contributed by atoms with Gasteiger partial charge in [0.1, 0.15) is 16.6 Å². The average molecular weight is 670 g/mol. The van der Waals surface area contributed by atoms with Crippen LogP contribution in [0.5, 0.6) is 0 Å². The van der Waals surface area contributed by atoms with Crippen molar-refractivity contribution in [1.82, 2.24) is 15.0 Å². The summed E-state index contributed by atoms with van der Waals surface area (Å²) in [6.07, 6.45) is 0. The number of thiophene rings is 1. The van der Waals surface area contributed by atoms with Gasteiger partial charge in [0.05, 0.1) is 5.56 Å². The molecule has 7 aromatic carbocycles. The Bertz CT molecular complexity index is 2950. The normalized spacial score (nSPS) is 13.3. The van der Waals surface area contributed by atoms with Gasteiger partial charge in [-0.3, -0.25) is 0 Å². The fraction of sp³-hybridized carbons (Fsp3) is 0.0217. The van der Waals surface area contributed by atoms with Crippen LogP contribution in [0.4, 0.5) is 0 Å². The first-order chi connectivity index (χ1) is 25.3. The zero-order valence-electron chi connectivity index (χ0n) is 27.2. The van der Waals surface area contributed by atoms with E-state index in [0.717, 1.165) is 49.8 Å². The number of rotatable bonds is 4. The maximum atomic E-state index is 6.55. The molecule has 238 valence electrons. The number of aromatic nitrogens is 3. The highest BCUT2D eigenvalue weighted by atomic mass is 32.1. The minimum absolute atomic E-state index is 0.576. The molecule has 3 heterocycles. The van der Waals surface area contributed by atoms with Crippen molar-refractivity contribution in [3.8, 4) is 33.9 Å². The Kier molecular flexibility index (Phi) is 6.01. The van der Waals surface area contributed by atoms with E-state index in [1.54, 1.807) is 0 Å². The number of nitrogens with zero attached hydrogens (tertiary/aromatic N) is 3. The molecular formula is C46H27N3OS. The van der Waals surface area contributed by atoms with E-state index < -0.39 is 5.41 Å². The van der Waals surface area contributed by atoms with Gasteiger partial charge in [0.2, 0.25) is 0 Å². The van der Waals surface area contributed by atoms with Crippen LogP contribution < -0.4 is 0 Å². The fourth-order valence-corrected chi connectivity index (χ4v) is 9.27. The van der Waals surface area contributed by atoms with E-state index in [9.17, 15) is 0 Å². The van der Waals surface area contributed by atoms with Crippen molar-refractivity contribution in [2.45, 2.75) is 5.41 Å². The topological polar surface area (TPSA) is 51.8 Å². The number of fused-ring (bicyclic) bond motifs is 9. The van der Waals surface area contributed by atoms with E-state index in [1.807, 2.05) is 47.7 Å². The molecule has 0 saturated heterocycles. The van der Waals surface area contributed by atoms with Crippen LogP contribution in [0.15, 0.2) is 168 Å². The molecule has 51 heavy (non-hydrogen) atoms. The summed E-state index contributed by atoms with van der Waals surface area (Å²) in [6.45, 7) is 0. The Morgan fingerprint density at radius 3 is 1.90 bits per heavy atom. The molecule has 3 aromatic heterocycles. The zero-order chi connectivity index (χ0) is 33.5. The van der Waals surface area contributed by atoms with Crippen LogP contribution >= 0.6 is 11.3 Å². The lowest BCUT2D eigenvalue weighted by Gasteiger charge is -2.32. The minimum Gasteiger partial charge on any atom is -0.455 e. The zero-order valence-corrected chi connectivity index (χ0v) is 28.1. The molecule has 0 fully saturated rings. The monoisotopic (exact) mass is 669 g/mol. The van der Waals surface area contributed by atoms with Crippen molar-refractivity contribution in [1.29, 1.82) is 0 Å². The molecule has 0 amide bonds. The minimum atomic E-state index is -0.826. The van der Waals surface area contributed by atoms with Gasteiger partial charge in [0.25, 0.3) is 0 Å². The number of hydrogen-bond donors (Lipinski definition) is 0. The molecule has 0 bridgehead atoms. The molecule has 0 N–H and O–H groups in total. The molecular weight excluding hydrogens is 643 g/mol. The number of para-hydroxylation sites is 2. The molecule has 10 aromatic rings. The number of furan rings is 1. The van der Waals surface area contributed by atoms with Gasteiger partial charge in [-0.1, -0.05) is 133 Å². The van der Waals surface area contributed by atoms with E-state index in [4.69, 9.17) is 19.4 Å². The molecule has 0 atom stereocenters. The smallest absolute Gasteiger partial charge is 0.167 e. The van der Waals surface area contributed by atoms with Gasteiger partial charge < -0.3 is 4.42 Å². The second-order valence-electron chi connectivity index (χ2n) is 13.1. The second-order valence-corrected chi connectivity index (χ2v) is 14.2. The van der Waals surface area contributed by atoms with Crippen molar-refractivity contribution in [3.63, 3.8) is 0 Å². The lowest BCUT2D eigenvalue weighted by molar-refractivity contribution is 0.668. The Hall–Kier alpha value is -6.43. The molecule has 0 spiro atoms. The molecule has 4 nitrogen and oxygen atoms in total. The standard InChI is InChI=1S/C46H27N3OS/c1-2-13-28(14-3-1)43-47-44(35-20-12-19-34-32-17-6-10-23-39(32)50-42(34)35)49-45(48-43)46(37-21-8-4-15-30(37)31-16-5-9-22-38(31)46)29-25-26-41-36(27-29)33-18-7-11-24-40(33)51-41/h1-27H. The third-order valence-electron chi connectivity index (χ3n) is 10.4. The summed E-state index contributed by atoms with van der Waals surface area (Å²) >= 11 is 1.83. The number of hydrogen-bond acceptors (Lipinski definition) is 5. The molecule has 1 aliphatic rings. The van der Waals surface area contributed by atoms with Crippen LogP contribution in [0.3, 0.4) is 0 Å². The van der Waals surface area contributed by atoms with Gasteiger partial charge in [-0.2, -0.15) is 0 Å². The Morgan fingerprint density at radius 1 is 0.451 bits per heavy atom. The van der Waals surface area contributed by atoms with Gasteiger partial charge >= 0.3 is 0 Å². The van der Waals surface area contributed by atoms with Crippen molar-refractivity contribution in [2.75, 3.05) is 0 Å². The summed E-state index contributed by atoms with van der Waals surface area (Å²) in [5, 5.41) is 4.59. The first-order valence-corrected chi connectivity index (χ1v) is 17.9. The highest BCUT2D eigenvalue weighted by Crippen LogP contribution is 2.56. The van der Waals surface area contributed by atoms with Crippen LogP contribution in [-0.4, -0.2) is 15.0 Å². The lowest BCUT2D eigenvalue weighted by atomic mass is 9.71. The van der Waals surface area contributed by atoms with Gasteiger partial charge in [-0.15, -0.1) is 11.3 Å². The van der Waals surface area contributed by atoms with Gasteiger partial charge in [0.15, 0.2) is 17.5 Å². The van der Waals surface area contributed by atoms with Crippen LogP contribution in [0.25, 0.3) is 76.0 Å². The van der Waals surface area contributed by atoms with Crippen molar-refractivity contribution in [3.05, 3.63) is 186 Å². The van der Waals surface area contributed by atoms with E-state index in [1.165, 1.54) is 31.3 Å².